The van der Waals surface area contributed by atoms with Gasteiger partial charge < -0.3 is 14.7 Å². The average molecular weight is 382 g/mol. The lowest BCUT2D eigenvalue weighted by atomic mass is 10.1. The van der Waals surface area contributed by atoms with Crippen LogP contribution in [0.15, 0.2) is 23.1 Å². The van der Waals surface area contributed by atoms with Crippen molar-refractivity contribution in [2.24, 2.45) is 0 Å². The van der Waals surface area contributed by atoms with Crippen molar-refractivity contribution in [1.82, 2.24) is 9.21 Å². The number of rotatable bonds is 5. The van der Waals surface area contributed by atoms with E-state index in [9.17, 15) is 23.1 Å². The fourth-order valence-corrected chi connectivity index (χ4v) is 5.21. The number of likely N-dealkylation sites (tertiary alicyclic amines) is 1. The van der Waals surface area contributed by atoms with E-state index in [0.717, 1.165) is 12.8 Å². The maximum Gasteiger partial charge on any atom is 0.326 e. The number of methoxy groups -OCH3 is 1. The summed E-state index contributed by atoms with van der Waals surface area (Å²) >= 11 is 0. The fraction of sp³-hybridized carbons (Fsp3) is 0.529. The van der Waals surface area contributed by atoms with Crippen LogP contribution in [0.2, 0.25) is 0 Å². The van der Waals surface area contributed by atoms with Gasteiger partial charge in [0.2, 0.25) is 10.0 Å². The molecule has 0 aromatic heterocycles. The van der Waals surface area contributed by atoms with Gasteiger partial charge in [0, 0.05) is 25.2 Å². The number of hydrogen-bond donors (Lipinski definition) is 1. The zero-order valence-corrected chi connectivity index (χ0v) is 15.4. The van der Waals surface area contributed by atoms with Crippen LogP contribution in [0.3, 0.4) is 0 Å². The summed E-state index contributed by atoms with van der Waals surface area (Å²) in [6.07, 6.45) is 2.61. The molecule has 0 saturated carbocycles. The van der Waals surface area contributed by atoms with E-state index >= 15 is 0 Å². The Bertz CT molecular complexity index is 817. The van der Waals surface area contributed by atoms with Crippen molar-refractivity contribution in [3.8, 4) is 5.75 Å². The van der Waals surface area contributed by atoms with Crippen LogP contribution in [0.1, 0.15) is 36.0 Å². The van der Waals surface area contributed by atoms with Crippen molar-refractivity contribution in [3.05, 3.63) is 23.8 Å². The van der Waals surface area contributed by atoms with Gasteiger partial charge in [-0.2, -0.15) is 4.31 Å². The summed E-state index contributed by atoms with van der Waals surface area (Å²) in [6.45, 7) is 1.23. The maximum absolute atomic E-state index is 12.9. The third-order valence-corrected chi connectivity index (χ3v) is 6.81. The molecule has 1 aromatic rings. The Morgan fingerprint density at radius 1 is 1.15 bits per heavy atom. The highest BCUT2D eigenvalue weighted by Gasteiger charge is 2.36. The third kappa shape index (κ3) is 3.28. The first-order valence-electron chi connectivity index (χ1n) is 8.58. The molecule has 1 amide bonds. The van der Waals surface area contributed by atoms with E-state index < -0.39 is 27.9 Å². The Labute approximate surface area is 152 Å². The minimum atomic E-state index is -3.77. The Hall–Kier alpha value is -2.13. The molecule has 8 nitrogen and oxygen atoms in total. The van der Waals surface area contributed by atoms with E-state index in [1.165, 1.54) is 34.5 Å². The molecule has 142 valence electrons. The predicted molar refractivity (Wildman–Crippen MR) is 92.7 cm³/mol. The van der Waals surface area contributed by atoms with Crippen LogP contribution in [0.4, 0.5) is 0 Å². The minimum absolute atomic E-state index is 0.0566. The first kappa shape index (κ1) is 18.7. The molecule has 2 saturated heterocycles. The molecule has 1 unspecified atom stereocenters. The number of benzene rings is 1. The lowest BCUT2D eigenvalue weighted by molar-refractivity contribution is -0.141. The predicted octanol–water partition coefficient (Wildman–Crippen LogP) is 1.17. The molecule has 2 aliphatic heterocycles. The van der Waals surface area contributed by atoms with Crippen LogP contribution < -0.4 is 4.74 Å². The van der Waals surface area contributed by atoms with Crippen molar-refractivity contribution in [2.75, 3.05) is 26.7 Å². The first-order chi connectivity index (χ1) is 12.4. The lowest BCUT2D eigenvalue weighted by Gasteiger charge is -2.23. The number of carbonyl (C=O) groups is 2. The molecule has 0 spiro atoms. The average Bonchev–Trinajstić information content (AvgIpc) is 3.32. The fourth-order valence-electron chi connectivity index (χ4n) is 3.51. The molecule has 1 atom stereocenters. The number of ether oxygens (including phenoxy) is 1. The normalized spacial score (nSPS) is 21.1. The Balaban J connectivity index is 1.97. The molecule has 9 heteroatoms. The summed E-state index contributed by atoms with van der Waals surface area (Å²) < 4.78 is 32.4. The smallest absolute Gasteiger partial charge is 0.326 e. The number of sulfonamides is 1. The van der Waals surface area contributed by atoms with Crippen LogP contribution in [-0.4, -0.2) is 67.4 Å². The topological polar surface area (TPSA) is 104 Å². The van der Waals surface area contributed by atoms with Gasteiger partial charge in [-0.1, -0.05) is 0 Å². The first-order valence-corrected chi connectivity index (χ1v) is 10.0. The Morgan fingerprint density at radius 2 is 1.85 bits per heavy atom. The van der Waals surface area contributed by atoms with Crippen LogP contribution in [0, 0.1) is 0 Å². The molecule has 0 bridgehead atoms. The molecule has 2 aliphatic rings. The quantitative estimate of drug-likeness (QED) is 0.820. The summed E-state index contributed by atoms with van der Waals surface area (Å²) in [5.74, 6) is -1.35. The standard InChI is InChI=1S/C17H22N2O6S/c1-25-14-7-6-12(16(20)19-10-4-5-13(19)17(21)22)11-15(14)26(23,24)18-8-2-3-9-18/h6-7,11,13H,2-5,8-10H2,1H3,(H,21,22). The molecule has 26 heavy (non-hydrogen) atoms. The molecule has 3 rings (SSSR count). The highest BCUT2D eigenvalue weighted by molar-refractivity contribution is 7.89. The number of aliphatic carboxylic acids is 1. The van der Waals surface area contributed by atoms with E-state index in [1.54, 1.807) is 0 Å². The molecule has 1 aromatic carbocycles. The van der Waals surface area contributed by atoms with Crippen LogP contribution in [-0.2, 0) is 14.8 Å². The number of amides is 1. The van der Waals surface area contributed by atoms with E-state index in [2.05, 4.69) is 0 Å². The molecule has 1 N–H and O–H groups in total. The third-order valence-electron chi connectivity index (χ3n) is 4.89. The van der Waals surface area contributed by atoms with Gasteiger partial charge in [-0.25, -0.2) is 13.2 Å². The molecule has 2 heterocycles. The maximum atomic E-state index is 12.9. The molecular weight excluding hydrogens is 360 g/mol. The Morgan fingerprint density at radius 3 is 2.46 bits per heavy atom. The van der Waals surface area contributed by atoms with Crippen LogP contribution in [0.25, 0.3) is 0 Å². The highest BCUT2D eigenvalue weighted by atomic mass is 32.2. The van der Waals surface area contributed by atoms with E-state index in [0.29, 0.717) is 32.5 Å². The second kappa shape index (κ2) is 7.24. The minimum Gasteiger partial charge on any atom is -0.495 e. The van der Waals surface area contributed by atoms with Crippen molar-refractivity contribution < 1.29 is 27.9 Å². The summed E-state index contributed by atoms with van der Waals surface area (Å²) in [6, 6.07) is 3.35. The second-order valence-corrected chi connectivity index (χ2v) is 8.38. The number of carbonyl (C=O) groups excluding carboxylic acids is 1. The lowest BCUT2D eigenvalue weighted by Crippen LogP contribution is -2.40. The van der Waals surface area contributed by atoms with Crippen LogP contribution >= 0.6 is 0 Å². The van der Waals surface area contributed by atoms with Crippen molar-refractivity contribution in [2.45, 2.75) is 36.6 Å². The van der Waals surface area contributed by atoms with Gasteiger partial charge in [0.1, 0.15) is 16.7 Å². The van der Waals surface area contributed by atoms with Gasteiger partial charge in [-0.3, -0.25) is 4.79 Å². The molecule has 0 aliphatic carbocycles. The summed E-state index contributed by atoms with van der Waals surface area (Å²) in [4.78, 5) is 25.3. The van der Waals surface area contributed by atoms with Crippen molar-refractivity contribution >= 4 is 21.9 Å². The number of hydrogen-bond acceptors (Lipinski definition) is 5. The van der Waals surface area contributed by atoms with Gasteiger partial charge in [0.15, 0.2) is 0 Å². The molecule has 0 radical (unpaired) electrons. The van der Waals surface area contributed by atoms with Crippen molar-refractivity contribution in [1.29, 1.82) is 0 Å². The van der Waals surface area contributed by atoms with Gasteiger partial charge in [-0.05, 0) is 43.9 Å². The highest BCUT2D eigenvalue weighted by Crippen LogP contribution is 2.31. The van der Waals surface area contributed by atoms with Gasteiger partial charge in [0.05, 0.1) is 7.11 Å². The number of carboxylic acids is 1. The molecule has 2 fully saturated rings. The largest absolute Gasteiger partial charge is 0.495 e. The SMILES string of the molecule is COc1ccc(C(=O)N2CCCC2C(=O)O)cc1S(=O)(=O)N1CCCC1. The monoisotopic (exact) mass is 382 g/mol. The van der Waals surface area contributed by atoms with E-state index in [-0.39, 0.29) is 16.2 Å². The summed E-state index contributed by atoms with van der Waals surface area (Å²) in [7, 11) is -2.39. The second-order valence-electron chi connectivity index (χ2n) is 6.47. The Kier molecular flexibility index (Phi) is 5.19. The van der Waals surface area contributed by atoms with Gasteiger partial charge >= 0.3 is 5.97 Å². The zero-order chi connectivity index (χ0) is 18.9. The summed E-state index contributed by atoms with van der Waals surface area (Å²) in [5, 5.41) is 9.27. The van der Waals surface area contributed by atoms with E-state index in [1.807, 2.05) is 0 Å². The zero-order valence-electron chi connectivity index (χ0n) is 14.6. The summed E-state index contributed by atoms with van der Waals surface area (Å²) in [5.41, 5.74) is 0.150. The van der Waals surface area contributed by atoms with Gasteiger partial charge in [-0.15, -0.1) is 0 Å². The van der Waals surface area contributed by atoms with Gasteiger partial charge in [0.25, 0.3) is 5.91 Å². The molecular formula is C17H22N2O6S. The number of carboxylic acid groups (broad SMARTS) is 1. The number of nitrogens with zero attached hydrogens (tertiary/aromatic N) is 2. The van der Waals surface area contributed by atoms with Crippen molar-refractivity contribution in [3.63, 3.8) is 0 Å². The van der Waals surface area contributed by atoms with E-state index in [4.69, 9.17) is 4.74 Å². The van der Waals surface area contributed by atoms with Crippen LogP contribution in [0.5, 0.6) is 5.75 Å².